The SMILES string of the molecule is N#CCc1nc2c(c(=O)[nH]1)SCCC2. The molecule has 0 saturated carbocycles. The first-order valence-electron chi connectivity index (χ1n) is 4.43. The topological polar surface area (TPSA) is 69.5 Å². The van der Waals surface area contributed by atoms with Gasteiger partial charge in [0, 0.05) is 0 Å². The predicted molar refractivity (Wildman–Crippen MR) is 53.2 cm³/mol. The van der Waals surface area contributed by atoms with Crippen molar-refractivity contribution >= 4 is 11.8 Å². The van der Waals surface area contributed by atoms with Gasteiger partial charge in [0.1, 0.15) is 5.82 Å². The van der Waals surface area contributed by atoms with Crippen LogP contribution in [0.4, 0.5) is 0 Å². The Morgan fingerprint density at radius 1 is 1.64 bits per heavy atom. The van der Waals surface area contributed by atoms with E-state index in [2.05, 4.69) is 9.97 Å². The summed E-state index contributed by atoms with van der Waals surface area (Å²) in [6.45, 7) is 0. The number of aromatic amines is 1. The van der Waals surface area contributed by atoms with Crippen molar-refractivity contribution in [3.8, 4) is 6.07 Å². The van der Waals surface area contributed by atoms with Gasteiger partial charge in [-0.15, -0.1) is 11.8 Å². The van der Waals surface area contributed by atoms with Gasteiger partial charge < -0.3 is 4.98 Å². The number of aromatic nitrogens is 2. The molecule has 1 N–H and O–H groups in total. The maximum atomic E-state index is 11.5. The van der Waals surface area contributed by atoms with Crippen molar-refractivity contribution in [3.63, 3.8) is 0 Å². The lowest BCUT2D eigenvalue weighted by molar-refractivity contribution is 0.787. The second kappa shape index (κ2) is 3.84. The Morgan fingerprint density at radius 2 is 2.50 bits per heavy atom. The lowest BCUT2D eigenvalue weighted by Gasteiger charge is -2.12. The molecule has 1 aromatic rings. The summed E-state index contributed by atoms with van der Waals surface area (Å²) in [6, 6.07) is 1.98. The molecule has 0 atom stereocenters. The molecule has 1 aliphatic rings. The third kappa shape index (κ3) is 1.66. The minimum atomic E-state index is -0.0926. The number of thioether (sulfide) groups is 1. The zero-order valence-electron chi connectivity index (χ0n) is 7.54. The summed E-state index contributed by atoms with van der Waals surface area (Å²) < 4.78 is 0. The fraction of sp³-hybridized carbons (Fsp3) is 0.444. The number of hydrogen-bond acceptors (Lipinski definition) is 4. The minimum Gasteiger partial charge on any atom is -0.309 e. The van der Waals surface area contributed by atoms with Crippen molar-refractivity contribution in [2.45, 2.75) is 24.2 Å². The fourth-order valence-corrected chi connectivity index (χ4v) is 2.44. The Hall–Kier alpha value is -1.28. The number of rotatable bonds is 1. The summed E-state index contributed by atoms with van der Waals surface area (Å²) in [4.78, 5) is 19.2. The number of nitrogens with zero attached hydrogens (tertiary/aromatic N) is 2. The Labute approximate surface area is 85.4 Å². The highest BCUT2D eigenvalue weighted by Gasteiger charge is 2.15. The second-order valence-electron chi connectivity index (χ2n) is 3.08. The molecule has 1 aromatic heterocycles. The van der Waals surface area contributed by atoms with Crippen molar-refractivity contribution in [2.24, 2.45) is 0 Å². The van der Waals surface area contributed by atoms with Crippen molar-refractivity contribution in [1.29, 1.82) is 5.26 Å². The van der Waals surface area contributed by atoms with Gasteiger partial charge >= 0.3 is 0 Å². The fourth-order valence-electron chi connectivity index (χ4n) is 1.45. The highest BCUT2D eigenvalue weighted by molar-refractivity contribution is 7.99. The van der Waals surface area contributed by atoms with Crippen LogP contribution < -0.4 is 5.56 Å². The van der Waals surface area contributed by atoms with Gasteiger partial charge in [-0.3, -0.25) is 4.79 Å². The molecule has 0 spiro atoms. The number of nitrogens with one attached hydrogen (secondary N) is 1. The van der Waals surface area contributed by atoms with Crippen LogP contribution in [-0.2, 0) is 12.8 Å². The van der Waals surface area contributed by atoms with E-state index in [9.17, 15) is 4.79 Å². The quantitative estimate of drug-likeness (QED) is 0.742. The van der Waals surface area contributed by atoms with Gasteiger partial charge in [0.2, 0.25) is 0 Å². The first-order valence-corrected chi connectivity index (χ1v) is 5.41. The van der Waals surface area contributed by atoms with E-state index >= 15 is 0 Å². The molecule has 4 nitrogen and oxygen atoms in total. The summed E-state index contributed by atoms with van der Waals surface area (Å²) in [5.41, 5.74) is 0.764. The van der Waals surface area contributed by atoms with E-state index in [0.29, 0.717) is 5.82 Å². The van der Waals surface area contributed by atoms with E-state index in [4.69, 9.17) is 5.26 Å². The molecule has 0 radical (unpaired) electrons. The van der Waals surface area contributed by atoms with Gasteiger partial charge in [-0.2, -0.15) is 5.26 Å². The number of H-pyrrole nitrogens is 1. The third-order valence-corrected chi connectivity index (χ3v) is 3.25. The lowest BCUT2D eigenvalue weighted by Crippen LogP contribution is -2.19. The molecular weight excluding hydrogens is 198 g/mol. The predicted octanol–water partition coefficient (Wildman–Crippen LogP) is 0.874. The van der Waals surface area contributed by atoms with Gasteiger partial charge in [0.05, 0.1) is 23.1 Å². The zero-order valence-corrected chi connectivity index (χ0v) is 8.36. The Kier molecular flexibility index (Phi) is 2.55. The molecule has 0 aromatic carbocycles. The van der Waals surface area contributed by atoms with Gasteiger partial charge in [0.25, 0.3) is 5.56 Å². The highest BCUT2D eigenvalue weighted by atomic mass is 32.2. The van der Waals surface area contributed by atoms with Crippen molar-refractivity contribution in [2.75, 3.05) is 5.75 Å². The smallest absolute Gasteiger partial charge is 0.264 e. The summed E-state index contributed by atoms with van der Waals surface area (Å²) in [5.74, 6) is 1.47. The average molecular weight is 207 g/mol. The van der Waals surface area contributed by atoms with Crippen LogP contribution in [0.25, 0.3) is 0 Å². The molecule has 0 unspecified atom stereocenters. The van der Waals surface area contributed by atoms with Gasteiger partial charge in [-0.25, -0.2) is 4.98 Å². The third-order valence-electron chi connectivity index (χ3n) is 2.05. The molecule has 14 heavy (non-hydrogen) atoms. The maximum Gasteiger partial charge on any atom is 0.264 e. The highest BCUT2D eigenvalue weighted by Crippen LogP contribution is 2.24. The van der Waals surface area contributed by atoms with E-state index in [1.54, 1.807) is 11.8 Å². The number of fused-ring (bicyclic) bond motifs is 1. The summed E-state index contributed by atoms with van der Waals surface area (Å²) in [5, 5.41) is 8.50. The van der Waals surface area contributed by atoms with Crippen molar-refractivity contribution in [1.82, 2.24) is 9.97 Å². The summed E-state index contributed by atoms with van der Waals surface area (Å²) in [6.07, 6.45) is 2.08. The molecule has 0 bridgehead atoms. The number of aryl methyl sites for hydroxylation is 1. The molecule has 0 saturated heterocycles. The van der Waals surface area contributed by atoms with Crippen molar-refractivity contribution in [3.05, 3.63) is 21.9 Å². The molecule has 0 fully saturated rings. The number of hydrogen-bond donors (Lipinski definition) is 1. The normalized spacial score (nSPS) is 14.5. The monoisotopic (exact) mass is 207 g/mol. The molecule has 2 rings (SSSR count). The van der Waals surface area contributed by atoms with Gasteiger partial charge in [-0.05, 0) is 18.6 Å². The Balaban J connectivity index is 2.48. The van der Waals surface area contributed by atoms with Crippen LogP contribution in [0.15, 0.2) is 9.69 Å². The largest absolute Gasteiger partial charge is 0.309 e. The van der Waals surface area contributed by atoms with Crippen LogP contribution >= 0.6 is 11.8 Å². The van der Waals surface area contributed by atoms with Crippen LogP contribution in [-0.4, -0.2) is 15.7 Å². The molecule has 1 aliphatic heterocycles. The molecule has 5 heteroatoms. The van der Waals surface area contributed by atoms with E-state index in [1.165, 1.54) is 0 Å². The molecule has 0 aliphatic carbocycles. The minimum absolute atomic E-state index is 0.0926. The van der Waals surface area contributed by atoms with Crippen LogP contribution in [0.3, 0.4) is 0 Å². The zero-order chi connectivity index (χ0) is 9.97. The standard InChI is InChI=1S/C9H9N3OS/c10-4-3-7-11-6-2-1-5-14-8(6)9(13)12-7/h1-3,5H2,(H,11,12,13). The van der Waals surface area contributed by atoms with Gasteiger partial charge in [-0.1, -0.05) is 0 Å². The van der Waals surface area contributed by atoms with Crippen molar-refractivity contribution < 1.29 is 0 Å². The summed E-state index contributed by atoms with van der Waals surface area (Å²) in [7, 11) is 0. The first-order chi connectivity index (χ1) is 6.81. The van der Waals surface area contributed by atoms with Gasteiger partial charge in [0.15, 0.2) is 0 Å². The average Bonchev–Trinajstić information content (AvgIpc) is 2.18. The van der Waals surface area contributed by atoms with Crippen LogP contribution in [0.5, 0.6) is 0 Å². The maximum absolute atomic E-state index is 11.5. The number of nitriles is 1. The van der Waals surface area contributed by atoms with Crippen LogP contribution in [0.2, 0.25) is 0 Å². The van der Waals surface area contributed by atoms with Crippen LogP contribution in [0.1, 0.15) is 17.9 Å². The second-order valence-corrected chi connectivity index (χ2v) is 4.18. The molecule has 2 heterocycles. The molecular formula is C9H9N3OS. The lowest BCUT2D eigenvalue weighted by atomic mass is 10.2. The van der Waals surface area contributed by atoms with E-state index < -0.39 is 0 Å². The Morgan fingerprint density at radius 3 is 3.29 bits per heavy atom. The summed E-state index contributed by atoms with van der Waals surface area (Å²) >= 11 is 1.55. The molecule has 72 valence electrons. The Bertz CT molecular complexity index is 446. The van der Waals surface area contributed by atoms with E-state index in [0.717, 1.165) is 29.2 Å². The van der Waals surface area contributed by atoms with E-state index in [-0.39, 0.29) is 12.0 Å². The van der Waals surface area contributed by atoms with E-state index in [1.807, 2.05) is 6.07 Å². The molecule has 0 amide bonds. The first kappa shape index (κ1) is 9.28. The van der Waals surface area contributed by atoms with Crippen LogP contribution in [0, 0.1) is 11.3 Å².